The highest BCUT2D eigenvalue weighted by Gasteiger charge is 2.31. The molecule has 0 aromatic heterocycles. The Morgan fingerprint density at radius 2 is 1.46 bits per heavy atom. The summed E-state index contributed by atoms with van der Waals surface area (Å²) in [5.41, 5.74) is 17.2. The zero-order valence-electron chi connectivity index (χ0n) is 22.1. The van der Waals surface area contributed by atoms with E-state index in [1.165, 1.54) is 0 Å². The van der Waals surface area contributed by atoms with Gasteiger partial charge in [-0.05, 0) is 30.7 Å². The first-order valence-corrected chi connectivity index (χ1v) is 12.5. The molecule has 0 bridgehead atoms. The van der Waals surface area contributed by atoms with E-state index < -0.39 is 59.7 Å². The van der Waals surface area contributed by atoms with Gasteiger partial charge in [0.15, 0.2) is 5.96 Å². The molecule has 1 aromatic rings. The van der Waals surface area contributed by atoms with E-state index in [1.54, 1.807) is 44.2 Å². The Bertz CT molecular complexity index is 1010. The number of carbonyl (C=O) groups is 5. The number of hydrogen-bond donors (Lipinski definition) is 8. The number of hydrogen-bond acceptors (Lipinski definition) is 7. The van der Waals surface area contributed by atoms with Crippen LogP contribution in [0.2, 0.25) is 0 Å². The van der Waals surface area contributed by atoms with E-state index in [4.69, 9.17) is 22.3 Å². The molecule has 39 heavy (non-hydrogen) atoms. The molecule has 0 aliphatic heterocycles. The molecule has 0 saturated heterocycles. The Morgan fingerprint density at radius 3 is 2.00 bits per heavy atom. The van der Waals surface area contributed by atoms with Gasteiger partial charge in [-0.15, -0.1) is 0 Å². The van der Waals surface area contributed by atoms with Gasteiger partial charge < -0.3 is 43.4 Å². The van der Waals surface area contributed by atoms with Crippen LogP contribution in [0.25, 0.3) is 0 Å². The number of benzene rings is 1. The quantitative estimate of drug-likeness (QED) is 0.0645. The Hall–Kier alpha value is -4.20. The van der Waals surface area contributed by atoms with E-state index in [1.807, 2.05) is 0 Å². The summed E-state index contributed by atoms with van der Waals surface area (Å²) >= 11 is 0. The van der Waals surface area contributed by atoms with E-state index in [-0.39, 0.29) is 44.6 Å². The summed E-state index contributed by atoms with van der Waals surface area (Å²) in [5, 5.41) is 25.9. The molecule has 4 unspecified atom stereocenters. The number of carbonyl (C=O) groups excluding carboxylic acids is 3. The van der Waals surface area contributed by atoms with Crippen molar-refractivity contribution >= 4 is 35.6 Å². The van der Waals surface area contributed by atoms with Crippen LogP contribution in [-0.2, 0) is 30.4 Å². The Balaban J connectivity index is 3.14. The first-order chi connectivity index (χ1) is 18.3. The third kappa shape index (κ3) is 12.7. The number of guanidine groups is 1. The molecule has 3 amide bonds. The molecule has 0 aliphatic rings. The van der Waals surface area contributed by atoms with Crippen molar-refractivity contribution < 1.29 is 34.2 Å². The molecule has 14 heteroatoms. The molecule has 0 saturated carbocycles. The van der Waals surface area contributed by atoms with Gasteiger partial charge in [0.1, 0.15) is 18.1 Å². The summed E-state index contributed by atoms with van der Waals surface area (Å²) < 4.78 is 0. The summed E-state index contributed by atoms with van der Waals surface area (Å²) in [6.45, 7) is 3.44. The fourth-order valence-electron chi connectivity index (χ4n) is 3.56. The molecule has 1 aromatic carbocycles. The van der Waals surface area contributed by atoms with Gasteiger partial charge in [0.05, 0.1) is 6.04 Å². The minimum atomic E-state index is -1.22. The lowest BCUT2D eigenvalue weighted by molar-refractivity contribution is -0.143. The lowest BCUT2D eigenvalue weighted by atomic mass is 10.0. The average molecular weight is 550 g/mol. The van der Waals surface area contributed by atoms with Gasteiger partial charge in [0.25, 0.3) is 0 Å². The van der Waals surface area contributed by atoms with Gasteiger partial charge in [-0.1, -0.05) is 44.2 Å². The summed E-state index contributed by atoms with van der Waals surface area (Å²) in [6, 6.07) is 4.10. The second kappa shape index (κ2) is 16.6. The number of amides is 3. The lowest BCUT2D eigenvalue weighted by Crippen LogP contribution is -2.58. The van der Waals surface area contributed by atoms with Crippen molar-refractivity contribution in [2.24, 2.45) is 28.1 Å². The van der Waals surface area contributed by atoms with Gasteiger partial charge in [0.2, 0.25) is 17.7 Å². The maximum atomic E-state index is 13.3. The molecule has 0 radical (unpaired) electrons. The van der Waals surface area contributed by atoms with Gasteiger partial charge in [-0.25, -0.2) is 4.79 Å². The van der Waals surface area contributed by atoms with Crippen molar-refractivity contribution in [2.75, 3.05) is 6.54 Å². The Kier molecular flexibility index (Phi) is 14.0. The first kappa shape index (κ1) is 32.8. The van der Waals surface area contributed by atoms with Gasteiger partial charge >= 0.3 is 11.9 Å². The molecule has 14 nitrogen and oxygen atoms in total. The average Bonchev–Trinajstić information content (AvgIpc) is 2.86. The Morgan fingerprint density at radius 1 is 0.872 bits per heavy atom. The number of carboxylic acids is 2. The highest BCUT2D eigenvalue weighted by molar-refractivity contribution is 5.94. The Labute approximate surface area is 226 Å². The van der Waals surface area contributed by atoms with Crippen molar-refractivity contribution in [3.05, 3.63) is 35.9 Å². The van der Waals surface area contributed by atoms with E-state index in [2.05, 4.69) is 20.9 Å². The van der Waals surface area contributed by atoms with Crippen molar-refractivity contribution in [2.45, 2.75) is 70.1 Å². The van der Waals surface area contributed by atoms with Crippen LogP contribution in [0.3, 0.4) is 0 Å². The number of nitrogens with two attached hydrogens (primary N) is 3. The minimum absolute atomic E-state index is 0.0512. The molecular weight excluding hydrogens is 510 g/mol. The first-order valence-electron chi connectivity index (χ1n) is 12.5. The third-order valence-electron chi connectivity index (χ3n) is 5.73. The second-order valence-electron chi connectivity index (χ2n) is 9.37. The van der Waals surface area contributed by atoms with Crippen LogP contribution >= 0.6 is 0 Å². The van der Waals surface area contributed by atoms with Crippen LogP contribution < -0.4 is 33.2 Å². The van der Waals surface area contributed by atoms with E-state index >= 15 is 0 Å². The summed E-state index contributed by atoms with van der Waals surface area (Å²) in [6.07, 6.45) is -0.0755. The zero-order valence-corrected chi connectivity index (χ0v) is 22.1. The van der Waals surface area contributed by atoms with Gasteiger partial charge in [0, 0.05) is 19.4 Å². The van der Waals surface area contributed by atoms with Crippen LogP contribution in [-0.4, -0.2) is 76.5 Å². The maximum Gasteiger partial charge on any atom is 0.326 e. The van der Waals surface area contributed by atoms with Crippen molar-refractivity contribution in [3.63, 3.8) is 0 Å². The minimum Gasteiger partial charge on any atom is -0.481 e. The molecule has 11 N–H and O–H groups in total. The number of carboxylic acid groups (broad SMARTS) is 2. The normalized spacial score (nSPS) is 13.8. The number of nitrogens with one attached hydrogen (secondary N) is 3. The van der Waals surface area contributed by atoms with Crippen molar-refractivity contribution in [3.8, 4) is 0 Å². The zero-order chi connectivity index (χ0) is 29.5. The second-order valence-corrected chi connectivity index (χ2v) is 9.37. The number of aliphatic imine (C=N–C) groups is 1. The van der Waals surface area contributed by atoms with Crippen LogP contribution in [0, 0.1) is 5.92 Å². The summed E-state index contributed by atoms with van der Waals surface area (Å²) in [5.74, 6) is -5.08. The third-order valence-corrected chi connectivity index (χ3v) is 5.73. The summed E-state index contributed by atoms with van der Waals surface area (Å²) in [4.78, 5) is 65.4. The fraction of sp³-hybridized carbons (Fsp3) is 0.520. The molecule has 4 atom stereocenters. The fourth-order valence-corrected chi connectivity index (χ4v) is 3.56. The predicted octanol–water partition coefficient (Wildman–Crippen LogP) is -1.33. The predicted molar refractivity (Wildman–Crippen MR) is 143 cm³/mol. The van der Waals surface area contributed by atoms with E-state index in [9.17, 15) is 29.1 Å². The topological polar surface area (TPSA) is 252 Å². The van der Waals surface area contributed by atoms with Gasteiger partial charge in [-0.3, -0.25) is 24.2 Å². The molecular formula is C25H39N7O7. The molecule has 0 fully saturated rings. The van der Waals surface area contributed by atoms with Crippen molar-refractivity contribution in [1.82, 2.24) is 16.0 Å². The van der Waals surface area contributed by atoms with Crippen molar-refractivity contribution in [1.29, 1.82) is 0 Å². The number of aliphatic carboxylic acids is 2. The highest BCUT2D eigenvalue weighted by atomic mass is 16.4. The molecule has 0 spiro atoms. The SMILES string of the molecule is CC(C)C(NC(=O)C(Cc1ccccc1)NC(=O)C(CCCN=C(N)N)NC(=O)C(N)CCC(=O)O)C(=O)O. The van der Waals surface area contributed by atoms with E-state index in [0.717, 1.165) is 0 Å². The van der Waals surface area contributed by atoms with Crippen LogP contribution in [0.4, 0.5) is 0 Å². The lowest BCUT2D eigenvalue weighted by Gasteiger charge is -2.26. The smallest absolute Gasteiger partial charge is 0.326 e. The largest absolute Gasteiger partial charge is 0.481 e. The molecule has 216 valence electrons. The van der Waals surface area contributed by atoms with Crippen LogP contribution in [0.1, 0.15) is 45.1 Å². The monoisotopic (exact) mass is 549 g/mol. The van der Waals surface area contributed by atoms with Crippen LogP contribution in [0.15, 0.2) is 35.3 Å². The van der Waals surface area contributed by atoms with Crippen LogP contribution in [0.5, 0.6) is 0 Å². The standard InChI is InChI=1S/C25H39N7O7/c1-14(2)20(24(38)39)32-23(37)18(13-15-7-4-3-5-8-15)31-22(36)17(9-6-12-29-25(27)28)30-21(35)16(26)10-11-19(33)34/h3-5,7-8,14,16-18,20H,6,9-13,26H2,1-2H3,(H,30,35)(H,31,36)(H,32,37)(H,33,34)(H,38,39)(H4,27,28,29). The van der Waals surface area contributed by atoms with E-state index in [0.29, 0.717) is 5.56 Å². The number of rotatable bonds is 17. The van der Waals surface area contributed by atoms with Gasteiger partial charge in [-0.2, -0.15) is 0 Å². The molecule has 0 heterocycles. The molecule has 1 rings (SSSR count). The molecule has 0 aliphatic carbocycles. The summed E-state index contributed by atoms with van der Waals surface area (Å²) in [7, 11) is 0. The maximum absolute atomic E-state index is 13.3. The number of nitrogens with zero attached hydrogens (tertiary/aromatic N) is 1. The highest BCUT2D eigenvalue weighted by Crippen LogP contribution is 2.08.